The highest BCUT2D eigenvalue weighted by Gasteiger charge is 2.27. The van der Waals surface area contributed by atoms with Gasteiger partial charge in [0.2, 0.25) is 11.8 Å². The van der Waals surface area contributed by atoms with Gasteiger partial charge in [0.15, 0.2) is 0 Å². The van der Waals surface area contributed by atoms with Crippen LogP contribution in [-0.2, 0) is 21.9 Å². The second kappa shape index (κ2) is 11.8. The number of hydrogen-bond donors (Lipinski definition) is 1. The predicted molar refractivity (Wildman–Crippen MR) is 123 cm³/mol. The van der Waals surface area contributed by atoms with Crippen molar-refractivity contribution in [3.05, 3.63) is 68.4 Å². The van der Waals surface area contributed by atoms with Gasteiger partial charge in [-0.25, -0.2) is 4.39 Å². The highest BCUT2D eigenvalue weighted by atomic mass is 35.5. The SMILES string of the molecule is CCNC(=O)[C@@H](C)N(Cc1c(Cl)cccc1Cl)C(=O)CSCc1c(F)cccc1Cl. The fourth-order valence-electron chi connectivity index (χ4n) is 2.75. The van der Waals surface area contributed by atoms with Crippen LogP contribution in [0.3, 0.4) is 0 Å². The first-order valence-electron chi connectivity index (χ1n) is 9.26. The molecule has 0 radical (unpaired) electrons. The van der Waals surface area contributed by atoms with Crippen molar-refractivity contribution >= 4 is 58.4 Å². The number of amides is 2. The molecular weight excluding hydrogens is 470 g/mol. The van der Waals surface area contributed by atoms with Crippen LogP contribution in [0.2, 0.25) is 15.1 Å². The maximum absolute atomic E-state index is 14.0. The predicted octanol–water partition coefficient (Wildman–Crippen LogP) is 5.57. The van der Waals surface area contributed by atoms with Gasteiger partial charge in [-0.05, 0) is 38.1 Å². The largest absolute Gasteiger partial charge is 0.355 e. The zero-order valence-electron chi connectivity index (χ0n) is 16.6. The highest BCUT2D eigenvalue weighted by Crippen LogP contribution is 2.28. The first-order chi connectivity index (χ1) is 14.3. The summed E-state index contributed by atoms with van der Waals surface area (Å²) in [6, 6.07) is 8.79. The maximum Gasteiger partial charge on any atom is 0.242 e. The Labute approximate surface area is 195 Å². The molecular formula is C21H22Cl3FN2O2S. The van der Waals surface area contributed by atoms with Crippen LogP contribution >= 0.6 is 46.6 Å². The standard InChI is InChI=1S/C21H22Cl3FN2O2S/c1-3-26-21(29)13(2)27(10-14-16(22)6-4-7-17(14)23)20(28)12-30-11-15-18(24)8-5-9-19(15)25/h4-9,13H,3,10-12H2,1-2H3,(H,26,29)/t13-/m1/s1. The Bertz CT molecular complexity index is 873. The molecule has 0 bridgehead atoms. The van der Waals surface area contributed by atoms with E-state index in [9.17, 15) is 14.0 Å². The van der Waals surface area contributed by atoms with E-state index in [-0.39, 0.29) is 29.9 Å². The minimum Gasteiger partial charge on any atom is -0.355 e. The number of nitrogens with one attached hydrogen (secondary N) is 1. The molecule has 0 aliphatic heterocycles. The Kier molecular flexibility index (Phi) is 9.75. The van der Waals surface area contributed by atoms with Gasteiger partial charge in [0.25, 0.3) is 0 Å². The molecule has 0 fully saturated rings. The van der Waals surface area contributed by atoms with Gasteiger partial charge in [0.05, 0.1) is 5.75 Å². The second-order valence-electron chi connectivity index (χ2n) is 6.49. The van der Waals surface area contributed by atoms with Gasteiger partial charge in [-0.2, -0.15) is 0 Å². The van der Waals surface area contributed by atoms with Crippen molar-refractivity contribution in [1.29, 1.82) is 0 Å². The Morgan fingerprint density at radius 2 is 1.63 bits per heavy atom. The van der Waals surface area contributed by atoms with Crippen LogP contribution in [0.15, 0.2) is 36.4 Å². The molecule has 0 aromatic heterocycles. The summed E-state index contributed by atoms with van der Waals surface area (Å²) >= 11 is 19.8. The lowest BCUT2D eigenvalue weighted by molar-refractivity contribution is -0.138. The summed E-state index contributed by atoms with van der Waals surface area (Å²) in [5.74, 6) is -0.722. The summed E-state index contributed by atoms with van der Waals surface area (Å²) in [7, 11) is 0. The van der Waals surface area contributed by atoms with E-state index in [0.29, 0.717) is 32.7 Å². The van der Waals surface area contributed by atoms with E-state index in [1.807, 2.05) is 0 Å². The summed E-state index contributed by atoms with van der Waals surface area (Å²) in [5.41, 5.74) is 0.905. The second-order valence-corrected chi connectivity index (χ2v) is 8.69. The van der Waals surface area contributed by atoms with Crippen molar-refractivity contribution in [3.8, 4) is 0 Å². The van der Waals surface area contributed by atoms with Gasteiger partial charge >= 0.3 is 0 Å². The molecule has 1 N–H and O–H groups in total. The number of thioether (sulfide) groups is 1. The average molecular weight is 492 g/mol. The molecule has 2 rings (SSSR count). The molecule has 0 heterocycles. The molecule has 2 aromatic carbocycles. The van der Waals surface area contributed by atoms with E-state index in [4.69, 9.17) is 34.8 Å². The summed E-state index contributed by atoms with van der Waals surface area (Å²) in [4.78, 5) is 26.8. The van der Waals surface area contributed by atoms with Crippen LogP contribution in [-0.4, -0.2) is 35.1 Å². The molecule has 0 spiro atoms. The van der Waals surface area contributed by atoms with E-state index < -0.39 is 11.9 Å². The van der Waals surface area contributed by atoms with Crippen LogP contribution in [0.5, 0.6) is 0 Å². The number of hydrogen-bond acceptors (Lipinski definition) is 3. The molecule has 2 amide bonds. The Hall–Kier alpha value is -1.47. The molecule has 1 atom stereocenters. The quantitative estimate of drug-likeness (QED) is 0.499. The summed E-state index contributed by atoms with van der Waals surface area (Å²) in [6.45, 7) is 3.97. The number of benzene rings is 2. The van der Waals surface area contributed by atoms with Crippen LogP contribution in [0.1, 0.15) is 25.0 Å². The molecule has 2 aromatic rings. The molecule has 0 aliphatic rings. The van der Waals surface area contributed by atoms with Crippen LogP contribution < -0.4 is 5.32 Å². The van der Waals surface area contributed by atoms with Gasteiger partial charge in [-0.15, -0.1) is 11.8 Å². The monoisotopic (exact) mass is 490 g/mol. The van der Waals surface area contributed by atoms with Gasteiger partial charge in [-0.3, -0.25) is 9.59 Å². The van der Waals surface area contributed by atoms with Crippen molar-refractivity contribution < 1.29 is 14.0 Å². The Morgan fingerprint density at radius 1 is 1.07 bits per heavy atom. The first kappa shape index (κ1) is 24.8. The number of nitrogens with zero attached hydrogens (tertiary/aromatic N) is 1. The maximum atomic E-state index is 14.0. The van der Waals surface area contributed by atoms with Gasteiger partial charge in [0.1, 0.15) is 11.9 Å². The van der Waals surface area contributed by atoms with Crippen molar-refractivity contribution in [2.45, 2.75) is 32.2 Å². The van der Waals surface area contributed by atoms with Crippen LogP contribution in [0, 0.1) is 5.82 Å². The molecule has 0 unspecified atom stereocenters. The normalized spacial score (nSPS) is 11.8. The highest BCUT2D eigenvalue weighted by molar-refractivity contribution is 7.99. The third kappa shape index (κ3) is 6.51. The molecule has 0 saturated carbocycles. The van der Waals surface area contributed by atoms with Crippen LogP contribution in [0.4, 0.5) is 4.39 Å². The lowest BCUT2D eigenvalue weighted by Gasteiger charge is -2.29. The van der Waals surface area contributed by atoms with E-state index in [1.54, 1.807) is 38.1 Å². The smallest absolute Gasteiger partial charge is 0.242 e. The third-order valence-corrected chi connectivity index (χ3v) is 6.45. The fraction of sp³-hybridized carbons (Fsp3) is 0.333. The first-order valence-corrected chi connectivity index (χ1v) is 11.6. The van der Waals surface area contributed by atoms with Crippen molar-refractivity contribution in [2.24, 2.45) is 0 Å². The molecule has 162 valence electrons. The van der Waals surface area contributed by atoms with Gasteiger partial charge < -0.3 is 10.2 Å². The average Bonchev–Trinajstić information content (AvgIpc) is 2.69. The zero-order chi connectivity index (χ0) is 22.3. The fourth-order valence-corrected chi connectivity index (χ4v) is 4.52. The third-order valence-electron chi connectivity index (χ3n) is 4.44. The number of carbonyl (C=O) groups is 2. The lowest BCUT2D eigenvalue weighted by atomic mass is 10.1. The van der Waals surface area contributed by atoms with E-state index >= 15 is 0 Å². The van der Waals surface area contributed by atoms with Crippen molar-refractivity contribution in [3.63, 3.8) is 0 Å². The number of rotatable bonds is 9. The molecule has 0 saturated heterocycles. The Balaban J connectivity index is 2.16. The number of halogens is 4. The number of carbonyl (C=O) groups excluding carboxylic acids is 2. The Morgan fingerprint density at radius 3 is 2.20 bits per heavy atom. The minimum absolute atomic E-state index is 0.0382. The molecule has 0 aliphatic carbocycles. The van der Waals surface area contributed by atoms with Gasteiger partial charge in [-0.1, -0.05) is 46.9 Å². The van der Waals surface area contributed by atoms with Crippen LogP contribution in [0.25, 0.3) is 0 Å². The van der Waals surface area contributed by atoms with E-state index in [0.717, 1.165) is 0 Å². The molecule has 4 nitrogen and oxygen atoms in total. The van der Waals surface area contributed by atoms with E-state index in [1.165, 1.54) is 28.8 Å². The van der Waals surface area contributed by atoms with E-state index in [2.05, 4.69) is 5.32 Å². The topological polar surface area (TPSA) is 49.4 Å². The van der Waals surface area contributed by atoms with Gasteiger partial charge in [0, 0.05) is 45.0 Å². The zero-order valence-corrected chi connectivity index (χ0v) is 19.6. The number of likely N-dealkylation sites (N-methyl/N-ethyl adjacent to an activating group) is 1. The summed E-state index contributed by atoms with van der Waals surface area (Å²) in [6.07, 6.45) is 0. The van der Waals surface area contributed by atoms with Crippen molar-refractivity contribution in [1.82, 2.24) is 10.2 Å². The molecule has 9 heteroatoms. The molecule has 30 heavy (non-hydrogen) atoms. The minimum atomic E-state index is -0.734. The van der Waals surface area contributed by atoms with Crippen molar-refractivity contribution in [2.75, 3.05) is 12.3 Å². The summed E-state index contributed by atoms with van der Waals surface area (Å²) < 4.78 is 14.0. The lowest BCUT2D eigenvalue weighted by Crippen LogP contribution is -2.48. The summed E-state index contributed by atoms with van der Waals surface area (Å²) in [5, 5.41) is 3.85.